The zero-order valence-corrected chi connectivity index (χ0v) is 9.45. The second-order valence-electron chi connectivity index (χ2n) is 3.40. The van der Waals surface area contributed by atoms with Crippen molar-refractivity contribution >= 4 is 5.91 Å². The van der Waals surface area contributed by atoms with Crippen LogP contribution >= 0.6 is 0 Å². The Kier molecular flexibility index (Phi) is 4.37. The van der Waals surface area contributed by atoms with Gasteiger partial charge in [-0.1, -0.05) is 0 Å². The van der Waals surface area contributed by atoms with Crippen molar-refractivity contribution < 1.29 is 13.9 Å². The Morgan fingerprint density at radius 2 is 2.27 bits per heavy atom. The van der Waals surface area contributed by atoms with Crippen LogP contribution < -0.4 is 0 Å². The van der Waals surface area contributed by atoms with E-state index in [2.05, 4.69) is 0 Å². The molecule has 1 heterocycles. The second-order valence-corrected chi connectivity index (χ2v) is 3.40. The summed E-state index contributed by atoms with van der Waals surface area (Å²) in [6.45, 7) is 4.92. The number of ether oxygens (including phenoxy) is 1. The summed E-state index contributed by atoms with van der Waals surface area (Å²) in [5.41, 5.74) is 0. The number of hydrogen-bond donors (Lipinski definition) is 0. The number of rotatable bonds is 5. The summed E-state index contributed by atoms with van der Waals surface area (Å²) in [7, 11) is 1.74. The molecule has 84 valence electrons. The lowest BCUT2D eigenvalue weighted by molar-refractivity contribution is -0.135. The third-order valence-electron chi connectivity index (χ3n) is 2.04. The van der Waals surface area contributed by atoms with E-state index in [0.29, 0.717) is 13.2 Å². The molecule has 0 saturated heterocycles. The van der Waals surface area contributed by atoms with Gasteiger partial charge in [0.05, 0.1) is 6.54 Å². The number of amides is 1. The molecule has 1 rings (SSSR count). The average molecular weight is 211 g/mol. The Balaban J connectivity index is 2.41. The van der Waals surface area contributed by atoms with Crippen LogP contribution in [0.3, 0.4) is 0 Å². The molecule has 4 nitrogen and oxygen atoms in total. The fourth-order valence-corrected chi connectivity index (χ4v) is 1.19. The number of hydrogen-bond acceptors (Lipinski definition) is 3. The van der Waals surface area contributed by atoms with E-state index < -0.39 is 0 Å². The van der Waals surface area contributed by atoms with Crippen LogP contribution in [-0.4, -0.2) is 31.1 Å². The lowest BCUT2D eigenvalue weighted by Gasteiger charge is -2.15. The highest BCUT2D eigenvalue weighted by atomic mass is 16.5. The van der Waals surface area contributed by atoms with Gasteiger partial charge in [0.1, 0.15) is 18.1 Å². The molecule has 1 aromatic rings. The molecule has 1 aromatic heterocycles. The van der Waals surface area contributed by atoms with Crippen molar-refractivity contribution in [3.8, 4) is 0 Å². The smallest absolute Gasteiger partial charge is 0.248 e. The Bertz CT molecular complexity index is 319. The van der Waals surface area contributed by atoms with E-state index in [-0.39, 0.29) is 12.5 Å². The van der Waals surface area contributed by atoms with Crippen LogP contribution in [0.2, 0.25) is 0 Å². The summed E-state index contributed by atoms with van der Waals surface area (Å²) in [6.07, 6.45) is 0. The van der Waals surface area contributed by atoms with Gasteiger partial charge in [0, 0.05) is 13.7 Å². The number of carbonyl (C=O) groups is 1. The van der Waals surface area contributed by atoms with E-state index in [1.54, 1.807) is 11.9 Å². The van der Waals surface area contributed by atoms with Gasteiger partial charge in [-0.2, -0.15) is 0 Å². The van der Waals surface area contributed by atoms with Crippen LogP contribution in [0, 0.1) is 6.92 Å². The minimum absolute atomic E-state index is 0.0362. The number of carbonyl (C=O) groups excluding carboxylic acids is 1. The van der Waals surface area contributed by atoms with Crippen LogP contribution in [0.5, 0.6) is 0 Å². The minimum Gasteiger partial charge on any atom is -0.464 e. The standard InChI is InChI=1S/C11H17NO3/c1-4-14-8-11(13)12(3)7-10-6-5-9(2)15-10/h5-6H,4,7-8H2,1-3H3. The van der Waals surface area contributed by atoms with Crippen LogP contribution in [0.4, 0.5) is 0 Å². The highest BCUT2D eigenvalue weighted by Crippen LogP contribution is 2.08. The first-order valence-electron chi connectivity index (χ1n) is 5.00. The molecule has 0 aliphatic rings. The maximum absolute atomic E-state index is 11.5. The van der Waals surface area contributed by atoms with Gasteiger partial charge in [-0.25, -0.2) is 0 Å². The molecule has 0 unspecified atom stereocenters. The van der Waals surface area contributed by atoms with E-state index in [1.165, 1.54) is 0 Å². The van der Waals surface area contributed by atoms with Crippen molar-refractivity contribution in [3.63, 3.8) is 0 Å². The van der Waals surface area contributed by atoms with E-state index in [1.807, 2.05) is 26.0 Å². The van der Waals surface area contributed by atoms with Gasteiger partial charge in [-0.3, -0.25) is 4.79 Å². The molecule has 0 spiro atoms. The van der Waals surface area contributed by atoms with E-state index in [9.17, 15) is 4.79 Å². The molecule has 0 radical (unpaired) electrons. The molecule has 4 heteroatoms. The third kappa shape index (κ3) is 3.75. The fraction of sp³-hybridized carbons (Fsp3) is 0.545. The molecule has 0 atom stereocenters. The van der Waals surface area contributed by atoms with Gasteiger partial charge in [0.15, 0.2) is 0 Å². The van der Waals surface area contributed by atoms with Crippen molar-refractivity contribution in [2.45, 2.75) is 20.4 Å². The van der Waals surface area contributed by atoms with Gasteiger partial charge in [-0.15, -0.1) is 0 Å². The molecular weight excluding hydrogens is 194 g/mol. The van der Waals surface area contributed by atoms with Gasteiger partial charge >= 0.3 is 0 Å². The first-order valence-corrected chi connectivity index (χ1v) is 5.00. The summed E-state index contributed by atoms with van der Waals surface area (Å²) < 4.78 is 10.4. The first-order chi connectivity index (χ1) is 7.13. The number of nitrogens with zero attached hydrogens (tertiary/aromatic N) is 1. The number of likely N-dealkylation sites (N-methyl/N-ethyl adjacent to an activating group) is 1. The molecule has 0 aromatic carbocycles. The van der Waals surface area contributed by atoms with E-state index >= 15 is 0 Å². The quantitative estimate of drug-likeness (QED) is 0.742. The maximum Gasteiger partial charge on any atom is 0.248 e. The summed E-state index contributed by atoms with van der Waals surface area (Å²) in [6, 6.07) is 3.76. The zero-order valence-electron chi connectivity index (χ0n) is 9.45. The number of furan rings is 1. The Labute approximate surface area is 89.8 Å². The molecule has 1 amide bonds. The minimum atomic E-state index is -0.0362. The van der Waals surface area contributed by atoms with E-state index in [0.717, 1.165) is 11.5 Å². The van der Waals surface area contributed by atoms with Crippen LogP contribution in [-0.2, 0) is 16.1 Å². The van der Waals surface area contributed by atoms with Crippen molar-refractivity contribution in [2.24, 2.45) is 0 Å². The van der Waals surface area contributed by atoms with Crippen LogP contribution in [0.25, 0.3) is 0 Å². The molecular formula is C11H17NO3. The highest BCUT2D eigenvalue weighted by molar-refractivity contribution is 5.77. The normalized spacial score (nSPS) is 10.3. The Hall–Kier alpha value is -1.29. The van der Waals surface area contributed by atoms with Crippen LogP contribution in [0.1, 0.15) is 18.4 Å². The molecule has 0 bridgehead atoms. The highest BCUT2D eigenvalue weighted by Gasteiger charge is 2.10. The molecule has 0 fully saturated rings. The van der Waals surface area contributed by atoms with Gasteiger partial charge in [-0.05, 0) is 26.0 Å². The molecule has 0 saturated carbocycles. The largest absolute Gasteiger partial charge is 0.464 e. The van der Waals surface area contributed by atoms with Gasteiger partial charge < -0.3 is 14.1 Å². The average Bonchev–Trinajstić information content (AvgIpc) is 2.60. The van der Waals surface area contributed by atoms with Crippen molar-refractivity contribution in [1.82, 2.24) is 4.90 Å². The first kappa shape index (κ1) is 11.8. The lowest BCUT2D eigenvalue weighted by atomic mass is 10.4. The SMILES string of the molecule is CCOCC(=O)N(C)Cc1ccc(C)o1. The lowest BCUT2D eigenvalue weighted by Crippen LogP contribution is -2.29. The van der Waals surface area contributed by atoms with Crippen molar-refractivity contribution in [3.05, 3.63) is 23.7 Å². The Morgan fingerprint density at radius 1 is 1.53 bits per heavy atom. The second kappa shape index (κ2) is 5.56. The summed E-state index contributed by atoms with van der Waals surface area (Å²) in [5, 5.41) is 0. The third-order valence-corrected chi connectivity index (χ3v) is 2.04. The molecule has 15 heavy (non-hydrogen) atoms. The maximum atomic E-state index is 11.5. The fourth-order valence-electron chi connectivity index (χ4n) is 1.19. The molecule has 0 N–H and O–H groups in total. The van der Waals surface area contributed by atoms with E-state index in [4.69, 9.17) is 9.15 Å². The molecule has 0 aliphatic carbocycles. The van der Waals surface area contributed by atoms with Gasteiger partial charge in [0.2, 0.25) is 5.91 Å². The Morgan fingerprint density at radius 3 is 2.80 bits per heavy atom. The summed E-state index contributed by atoms with van der Waals surface area (Å²) in [4.78, 5) is 13.1. The monoisotopic (exact) mass is 211 g/mol. The summed E-state index contributed by atoms with van der Waals surface area (Å²) >= 11 is 0. The predicted molar refractivity (Wildman–Crippen MR) is 56.4 cm³/mol. The predicted octanol–water partition coefficient (Wildman–Crippen LogP) is 1.58. The van der Waals surface area contributed by atoms with Crippen molar-refractivity contribution in [1.29, 1.82) is 0 Å². The van der Waals surface area contributed by atoms with Crippen molar-refractivity contribution in [2.75, 3.05) is 20.3 Å². The number of aryl methyl sites for hydroxylation is 1. The van der Waals surface area contributed by atoms with Gasteiger partial charge in [0.25, 0.3) is 0 Å². The molecule has 0 aliphatic heterocycles. The zero-order chi connectivity index (χ0) is 11.3. The summed E-state index contributed by atoms with van der Waals surface area (Å²) in [5.74, 6) is 1.61. The van der Waals surface area contributed by atoms with Crippen LogP contribution in [0.15, 0.2) is 16.5 Å². The topological polar surface area (TPSA) is 42.7 Å².